The number of amides is 1. The summed E-state index contributed by atoms with van der Waals surface area (Å²) in [4.78, 5) is 24.6. The number of aromatic amines is 1. The second-order valence-corrected chi connectivity index (χ2v) is 13.5. The van der Waals surface area contributed by atoms with Crippen molar-refractivity contribution in [1.82, 2.24) is 14.9 Å². The molecule has 1 amide bonds. The van der Waals surface area contributed by atoms with Crippen molar-refractivity contribution < 1.29 is 18.8 Å². The second kappa shape index (κ2) is 9.32. The number of ether oxygens (including phenoxy) is 1. The molecule has 1 spiro atoms. The van der Waals surface area contributed by atoms with Crippen molar-refractivity contribution in [3.63, 3.8) is 0 Å². The van der Waals surface area contributed by atoms with Gasteiger partial charge in [0.05, 0.1) is 34.9 Å². The smallest absolute Gasteiger partial charge is 0.399 e. The first-order valence-corrected chi connectivity index (χ1v) is 14.6. The zero-order valence-electron chi connectivity index (χ0n) is 24.5. The van der Waals surface area contributed by atoms with E-state index >= 15 is 0 Å². The highest BCUT2D eigenvalue weighted by atomic mass is 16.7. The number of benzene rings is 2. The fourth-order valence-corrected chi connectivity index (χ4v) is 6.40. The van der Waals surface area contributed by atoms with E-state index in [0.717, 1.165) is 65.5 Å². The average molecular weight is 532 g/mol. The van der Waals surface area contributed by atoms with Crippen LogP contribution in [-0.2, 0) is 18.8 Å². The summed E-state index contributed by atoms with van der Waals surface area (Å²) in [6, 6.07) is 10.5. The lowest BCUT2D eigenvalue weighted by Gasteiger charge is -2.33. The molecule has 3 saturated heterocycles. The molecular weight excluding hydrogens is 489 g/mol. The SMILES string of the molecule is CC(C)[C@H](C)C(=O)N1C[C@]2(CCCOC2)C[C@H]1c1nc2c(ccc3cc(B4OC(C)(C)C(C)(C)O4)ccc32)[nH]1. The van der Waals surface area contributed by atoms with Crippen molar-refractivity contribution in [2.45, 2.75) is 85.0 Å². The second-order valence-electron chi connectivity index (χ2n) is 13.5. The first kappa shape index (κ1) is 26.8. The molecule has 208 valence electrons. The van der Waals surface area contributed by atoms with Gasteiger partial charge in [-0.1, -0.05) is 45.0 Å². The lowest BCUT2D eigenvalue weighted by atomic mass is 9.78. The Morgan fingerprint density at radius 3 is 2.51 bits per heavy atom. The topological polar surface area (TPSA) is 76.7 Å². The number of H-pyrrole nitrogens is 1. The van der Waals surface area contributed by atoms with Crippen molar-refractivity contribution in [3.8, 4) is 0 Å². The summed E-state index contributed by atoms with van der Waals surface area (Å²) >= 11 is 0. The number of hydrogen-bond acceptors (Lipinski definition) is 5. The van der Waals surface area contributed by atoms with Crippen molar-refractivity contribution >= 4 is 40.3 Å². The van der Waals surface area contributed by atoms with Gasteiger partial charge >= 0.3 is 7.12 Å². The molecule has 3 aromatic rings. The molecule has 2 aromatic carbocycles. The van der Waals surface area contributed by atoms with Gasteiger partial charge in [0.15, 0.2) is 0 Å². The Bertz CT molecular complexity index is 1390. The minimum atomic E-state index is -0.403. The number of nitrogens with one attached hydrogen (secondary N) is 1. The van der Waals surface area contributed by atoms with Gasteiger partial charge in [0.1, 0.15) is 5.82 Å². The van der Waals surface area contributed by atoms with Crippen LogP contribution < -0.4 is 5.46 Å². The molecule has 1 N–H and O–H groups in total. The van der Waals surface area contributed by atoms with Crippen molar-refractivity contribution in [2.75, 3.05) is 19.8 Å². The van der Waals surface area contributed by atoms with E-state index in [0.29, 0.717) is 6.61 Å². The van der Waals surface area contributed by atoms with E-state index in [-0.39, 0.29) is 40.4 Å². The van der Waals surface area contributed by atoms with E-state index in [1.807, 2.05) is 0 Å². The molecule has 39 heavy (non-hydrogen) atoms. The Hall–Kier alpha value is -2.42. The Balaban J connectivity index is 1.35. The third-order valence-electron chi connectivity index (χ3n) is 9.94. The number of fused-ring (bicyclic) bond motifs is 3. The third-order valence-corrected chi connectivity index (χ3v) is 9.94. The number of rotatable bonds is 4. The summed E-state index contributed by atoms with van der Waals surface area (Å²) in [6.07, 6.45) is 3.02. The van der Waals surface area contributed by atoms with Gasteiger partial charge < -0.3 is 23.9 Å². The van der Waals surface area contributed by atoms with Gasteiger partial charge in [-0.25, -0.2) is 4.98 Å². The van der Waals surface area contributed by atoms with Crippen LogP contribution in [0.25, 0.3) is 21.8 Å². The Morgan fingerprint density at radius 1 is 1.10 bits per heavy atom. The molecule has 4 heterocycles. The molecule has 3 aliphatic rings. The van der Waals surface area contributed by atoms with Gasteiger partial charge in [0.25, 0.3) is 0 Å². The minimum absolute atomic E-state index is 0.00799. The molecule has 0 radical (unpaired) electrons. The van der Waals surface area contributed by atoms with Gasteiger partial charge in [-0.05, 0) is 69.8 Å². The van der Waals surface area contributed by atoms with Crippen LogP contribution in [0.5, 0.6) is 0 Å². The Kier molecular flexibility index (Phi) is 6.40. The van der Waals surface area contributed by atoms with E-state index in [2.05, 4.69) is 88.7 Å². The molecule has 3 fully saturated rings. The largest absolute Gasteiger partial charge is 0.494 e. The van der Waals surface area contributed by atoms with Crippen LogP contribution in [0, 0.1) is 17.3 Å². The zero-order chi connectivity index (χ0) is 27.7. The van der Waals surface area contributed by atoms with Crippen molar-refractivity contribution in [3.05, 3.63) is 36.2 Å². The third kappa shape index (κ3) is 4.49. The normalized spacial score (nSPS) is 27.3. The molecule has 0 saturated carbocycles. The van der Waals surface area contributed by atoms with Crippen LogP contribution in [-0.4, -0.2) is 58.9 Å². The number of imidazole rings is 1. The highest BCUT2D eigenvalue weighted by Gasteiger charge is 2.52. The molecule has 0 aliphatic carbocycles. The molecule has 6 rings (SSSR count). The maximum Gasteiger partial charge on any atom is 0.494 e. The van der Waals surface area contributed by atoms with Crippen LogP contribution in [0.3, 0.4) is 0 Å². The molecule has 0 bridgehead atoms. The van der Waals surface area contributed by atoms with E-state index in [9.17, 15) is 4.79 Å². The fourth-order valence-electron chi connectivity index (χ4n) is 6.40. The summed E-state index contributed by atoms with van der Waals surface area (Å²) in [5, 5.41) is 2.18. The molecular formula is C31H42BN3O4. The predicted octanol–water partition coefficient (Wildman–Crippen LogP) is 5.38. The predicted molar refractivity (Wildman–Crippen MR) is 155 cm³/mol. The molecule has 0 unspecified atom stereocenters. The van der Waals surface area contributed by atoms with E-state index in [1.165, 1.54) is 0 Å². The van der Waals surface area contributed by atoms with Crippen molar-refractivity contribution in [2.24, 2.45) is 17.3 Å². The first-order chi connectivity index (χ1) is 18.4. The van der Waals surface area contributed by atoms with Crippen LogP contribution in [0.2, 0.25) is 0 Å². The van der Waals surface area contributed by atoms with Crippen LogP contribution >= 0.6 is 0 Å². The molecule has 3 atom stereocenters. The molecule has 7 nitrogen and oxygen atoms in total. The molecule has 8 heteroatoms. The quantitative estimate of drug-likeness (QED) is 0.458. The average Bonchev–Trinajstić information content (AvgIpc) is 3.55. The number of likely N-dealkylation sites (tertiary alicyclic amines) is 1. The lowest BCUT2D eigenvalue weighted by Crippen LogP contribution is -2.41. The standard InChI is InChI=1S/C31H42BN3O4/c1-19(2)20(3)28(36)35-17-31(13-8-14-37-18-31)16-25(35)27-33-24-12-9-21-15-22(10-11-23(21)26(24)34-27)32-38-29(4,5)30(6,7)39-32/h9-12,15,19-20,25H,8,13-14,16-18H2,1-7H3,(H,33,34)/t20-,25-,31-/m0/s1. The van der Waals surface area contributed by atoms with E-state index in [4.69, 9.17) is 19.0 Å². The summed E-state index contributed by atoms with van der Waals surface area (Å²) in [5.41, 5.74) is 2.18. The van der Waals surface area contributed by atoms with E-state index in [1.54, 1.807) is 0 Å². The highest BCUT2D eigenvalue weighted by molar-refractivity contribution is 6.62. The maximum absolute atomic E-state index is 13.7. The van der Waals surface area contributed by atoms with Gasteiger partial charge in [-0.2, -0.15) is 0 Å². The number of nitrogens with zero attached hydrogens (tertiary/aromatic N) is 2. The first-order valence-electron chi connectivity index (χ1n) is 14.6. The number of aromatic nitrogens is 2. The van der Waals surface area contributed by atoms with Gasteiger partial charge in [-0.3, -0.25) is 4.79 Å². The highest BCUT2D eigenvalue weighted by Crippen LogP contribution is 2.48. The Labute approximate surface area is 232 Å². The van der Waals surface area contributed by atoms with Gasteiger partial charge in [-0.15, -0.1) is 0 Å². The number of carbonyl (C=O) groups excluding carboxylic acids is 1. The van der Waals surface area contributed by atoms with Gasteiger partial charge in [0, 0.05) is 29.9 Å². The summed E-state index contributed by atoms with van der Waals surface area (Å²) in [7, 11) is -0.403. The summed E-state index contributed by atoms with van der Waals surface area (Å²) in [6.45, 7) is 16.9. The molecule has 1 aromatic heterocycles. The number of hydrogen-bond donors (Lipinski definition) is 1. The summed E-state index contributed by atoms with van der Waals surface area (Å²) in [5.74, 6) is 1.34. The maximum atomic E-state index is 13.7. The van der Waals surface area contributed by atoms with Crippen molar-refractivity contribution in [1.29, 1.82) is 0 Å². The fraction of sp³-hybridized carbons (Fsp3) is 0.613. The van der Waals surface area contributed by atoms with Crippen LogP contribution in [0.15, 0.2) is 30.3 Å². The van der Waals surface area contributed by atoms with Gasteiger partial charge in [0.2, 0.25) is 5.91 Å². The molecule has 3 aliphatic heterocycles. The van der Waals surface area contributed by atoms with Crippen LogP contribution in [0.1, 0.15) is 79.6 Å². The summed E-state index contributed by atoms with van der Waals surface area (Å²) < 4.78 is 18.5. The number of carbonyl (C=O) groups is 1. The zero-order valence-corrected chi connectivity index (χ0v) is 24.5. The van der Waals surface area contributed by atoms with E-state index < -0.39 is 7.12 Å². The monoisotopic (exact) mass is 531 g/mol. The lowest BCUT2D eigenvalue weighted by molar-refractivity contribution is -0.138. The minimum Gasteiger partial charge on any atom is -0.399 e. The Morgan fingerprint density at radius 2 is 1.85 bits per heavy atom. The van der Waals surface area contributed by atoms with Crippen LogP contribution in [0.4, 0.5) is 0 Å².